The van der Waals surface area contributed by atoms with Gasteiger partial charge in [-0.2, -0.15) is 0 Å². The lowest BCUT2D eigenvalue weighted by Gasteiger charge is -2.22. The molecule has 1 aliphatic rings. The van der Waals surface area contributed by atoms with E-state index >= 15 is 0 Å². The van der Waals surface area contributed by atoms with Crippen LogP contribution in [0.15, 0.2) is 24.3 Å². The van der Waals surface area contributed by atoms with E-state index in [1.54, 1.807) is 0 Å². The van der Waals surface area contributed by atoms with E-state index in [0.29, 0.717) is 18.7 Å². The summed E-state index contributed by atoms with van der Waals surface area (Å²) in [6.45, 7) is 2.08. The summed E-state index contributed by atoms with van der Waals surface area (Å²) in [4.78, 5) is 22.7. The van der Waals surface area contributed by atoms with Crippen molar-refractivity contribution in [1.29, 1.82) is 0 Å². The number of carboxylic acids is 1. The lowest BCUT2D eigenvalue weighted by molar-refractivity contribution is -0.162. The Hall–Kier alpha value is -1.92. The molecular formula is C18H25NO5. The smallest absolute Gasteiger partial charge is 0.335 e. The number of carbonyl (C=O) groups is 2. The van der Waals surface area contributed by atoms with Crippen LogP contribution >= 0.6 is 0 Å². The molecule has 0 radical (unpaired) electrons. The van der Waals surface area contributed by atoms with E-state index in [1.807, 2.05) is 0 Å². The number of carboxylic acid groups (broad SMARTS) is 1. The number of hydrogen-bond donors (Lipinski definition) is 2. The standard InChI is InChI=1S/C18H25NO5/c20-17(14-7-9-15(10-8-14)18(21)22)19-11-3-1-4-12-23-16-6-2-5-13-24-16/h7-10,16H,1-6,11-13H2,(H,19,20)(H,21,22). The van der Waals surface area contributed by atoms with Crippen molar-refractivity contribution >= 4 is 11.9 Å². The summed E-state index contributed by atoms with van der Waals surface area (Å²) >= 11 is 0. The summed E-state index contributed by atoms with van der Waals surface area (Å²) in [5, 5.41) is 11.7. The molecule has 1 aromatic carbocycles. The normalized spacial score (nSPS) is 17.4. The Morgan fingerprint density at radius 1 is 1.12 bits per heavy atom. The molecule has 0 saturated carbocycles. The predicted octanol–water partition coefficient (Wildman–Crippen LogP) is 2.83. The third-order valence-electron chi connectivity index (χ3n) is 3.94. The van der Waals surface area contributed by atoms with Crippen LogP contribution in [0.3, 0.4) is 0 Å². The van der Waals surface area contributed by atoms with Gasteiger partial charge in [0.15, 0.2) is 6.29 Å². The van der Waals surface area contributed by atoms with Gasteiger partial charge in [0, 0.05) is 25.3 Å². The fourth-order valence-corrected chi connectivity index (χ4v) is 2.53. The molecule has 1 atom stereocenters. The topological polar surface area (TPSA) is 84.9 Å². The molecule has 1 saturated heterocycles. The van der Waals surface area contributed by atoms with Crippen LogP contribution in [-0.2, 0) is 9.47 Å². The quantitative estimate of drug-likeness (QED) is 0.678. The second kappa shape index (κ2) is 10.1. The zero-order valence-corrected chi connectivity index (χ0v) is 13.8. The first-order valence-electron chi connectivity index (χ1n) is 8.51. The first-order valence-corrected chi connectivity index (χ1v) is 8.51. The van der Waals surface area contributed by atoms with Gasteiger partial charge in [0.25, 0.3) is 5.91 Å². The molecule has 0 bridgehead atoms. The number of nitrogens with one attached hydrogen (secondary N) is 1. The lowest BCUT2D eigenvalue weighted by Crippen LogP contribution is -2.24. The molecule has 2 N–H and O–H groups in total. The minimum atomic E-state index is -0.997. The van der Waals surface area contributed by atoms with Gasteiger partial charge in [0.05, 0.1) is 5.56 Å². The summed E-state index contributed by atoms with van der Waals surface area (Å²) < 4.78 is 11.1. The molecule has 6 nitrogen and oxygen atoms in total. The number of benzene rings is 1. The van der Waals surface area contributed by atoms with Crippen LogP contribution in [0.1, 0.15) is 59.2 Å². The van der Waals surface area contributed by atoms with Gasteiger partial charge in [-0.25, -0.2) is 4.79 Å². The average molecular weight is 335 g/mol. The SMILES string of the molecule is O=C(O)c1ccc(C(=O)NCCCCCOC2CCCCO2)cc1. The van der Waals surface area contributed by atoms with Crippen molar-refractivity contribution in [3.8, 4) is 0 Å². The molecule has 0 aromatic heterocycles. The van der Waals surface area contributed by atoms with Crippen LogP contribution in [-0.4, -0.2) is 43.0 Å². The summed E-state index contributed by atoms with van der Waals surface area (Å²) in [6, 6.07) is 5.91. The predicted molar refractivity (Wildman–Crippen MR) is 89.1 cm³/mol. The molecule has 1 fully saturated rings. The Labute approximate surface area is 142 Å². The number of amides is 1. The van der Waals surface area contributed by atoms with Gasteiger partial charge in [-0.15, -0.1) is 0 Å². The Balaban J connectivity index is 1.53. The highest BCUT2D eigenvalue weighted by atomic mass is 16.7. The van der Waals surface area contributed by atoms with Crippen LogP contribution in [0.5, 0.6) is 0 Å². The largest absolute Gasteiger partial charge is 0.478 e. The van der Waals surface area contributed by atoms with E-state index in [4.69, 9.17) is 14.6 Å². The minimum absolute atomic E-state index is 0.0350. The van der Waals surface area contributed by atoms with Crippen molar-refractivity contribution in [2.75, 3.05) is 19.8 Å². The Kier molecular flexibility index (Phi) is 7.71. The van der Waals surface area contributed by atoms with Gasteiger partial charge in [0.2, 0.25) is 0 Å². The minimum Gasteiger partial charge on any atom is -0.478 e. The van der Waals surface area contributed by atoms with Crippen LogP contribution in [0.2, 0.25) is 0 Å². The molecule has 24 heavy (non-hydrogen) atoms. The summed E-state index contributed by atoms with van der Waals surface area (Å²) in [7, 11) is 0. The number of ether oxygens (including phenoxy) is 2. The maximum atomic E-state index is 11.9. The second-order valence-electron chi connectivity index (χ2n) is 5.87. The molecule has 132 valence electrons. The van der Waals surface area contributed by atoms with Crippen LogP contribution < -0.4 is 5.32 Å². The maximum absolute atomic E-state index is 11.9. The van der Waals surface area contributed by atoms with E-state index in [-0.39, 0.29) is 17.8 Å². The van der Waals surface area contributed by atoms with E-state index < -0.39 is 5.97 Å². The molecular weight excluding hydrogens is 310 g/mol. The lowest BCUT2D eigenvalue weighted by atomic mass is 10.1. The first kappa shape index (κ1) is 18.4. The number of unbranched alkanes of at least 4 members (excludes halogenated alkanes) is 2. The van der Waals surface area contributed by atoms with Crippen LogP contribution in [0.25, 0.3) is 0 Å². The van der Waals surface area contributed by atoms with Gasteiger partial charge in [-0.1, -0.05) is 0 Å². The van der Waals surface area contributed by atoms with E-state index in [2.05, 4.69) is 5.32 Å². The van der Waals surface area contributed by atoms with Crippen molar-refractivity contribution in [2.45, 2.75) is 44.8 Å². The fraction of sp³-hybridized carbons (Fsp3) is 0.556. The van der Waals surface area contributed by atoms with Crippen molar-refractivity contribution in [3.63, 3.8) is 0 Å². The zero-order valence-electron chi connectivity index (χ0n) is 13.8. The second-order valence-corrected chi connectivity index (χ2v) is 5.87. The Morgan fingerprint density at radius 2 is 1.88 bits per heavy atom. The molecule has 0 spiro atoms. The van der Waals surface area contributed by atoms with Crippen LogP contribution in [0, 0.1) is 0 Å². The van der Waals surface area contributed by atoms with Gasteiger partial charge in [-0.05, 0) is 62.8 Å². The van der Waals surface area contributed by atoms with Gasteiger partial charge < -0.3 is 19.9 Å². The summed E-state index contributed by atoms with van der Waals surface area (Å²) in [5.41, 5.74) is 0.645. The third-order valence-corrected chi connectivity index (χ3v) is 3.94. The molecule has 6 heteroatoms. The molecule has 1 amide bonds. The van der Waals surface area contributed by atoms with Gasteiger partial charge >= 0.3 is 5.97 Å². The Morgan fingerprint density at radius 3 is 2.54 bits per heavy atom. The zero-order chi connectivity index (χ0) is 17.2. The first-order chi connectivity index (χ1) is 11.7. The number of rotatable bonds is 9. The Bertz CT molecular complexity index is 523. The van der Waals surface area contributed by atoms with Crippen molar-refractivity contribution in [1.82, 2.24) is 5.32 Å². The average Bonchev–Trinajstić information content (AvgIpc) is 2.61. The van der Waals surface area contributed by atoms with E-state index in [1.165, 1.54) is 30.7 Å². The third kappa shape index (κ3) is 6.29. The maximum Gasteiger partial charge on any atom is 0.335 e. The van der Waals surface area contributed by atoms with Crippen molar-refractivity contribution in [2.24, 2.45) is 0 Å². The molecule has 0 aliphatic carbocycles. The highest BCUT2D eigenvalue weighted by Gasteiger charge is 2.13. The number of hydrogen-bond acceptors (Lipinski definition) is 4. The van der Waals surface area contributed by atoms with E-state index in [0.717, 1.165) is 38.7 Å². The monoisotopic (exact) mass is 335 g/mol. The van der Waals surface area contributed by atoms with Crippen molar-refractivity contribution in [3.05, 3.63) is 35.4 Å². The fourth-order valence-electron chi connectivity index (χ4n) is 2.53. The van der Waals surface area contributed by atoms with Crippen molar-refractivity contribution < 1.29 is 24.2 Å². The van der Waals surface area contributed by atoms with Gasteiger partial charge in [-0.3, -0.25) is 4.79 Å². The highest BCUT2D eigenvalue weighted by molar-refractivity contribution is 5.95. The summed E-state index contributed by atoms with van der Waals surface area (Å²) in [6.07, 6.45) is 6.05. The molecule has 1 unspecified atom stereocenters. The summed E-state index contributed by atoms with van der Waals surface area (Å²) in [5.74, 6) is -1.18. The molecule has 2 rings (SSSR count). The number of aromatic carboxylic acids is 1. The van der Waals surface area contributed by atoms with Crippen LogP contribution in [0.4, 0.5) is 0 Å². The molecule has 1 aromatic rings. The molecule has 1 heterocycles. The van der Waals surface area contributed by atoms with Gasteiger partial charge in [0.1, 0.15) is 0 Å². The molecule has 1 aliphatic heterocycles. The number of carbonyl (C=O) groups excluding carboxylic acids is 1. The highest BCUT2D eigenvalue weighted by Crippen LogP contribution is 2.14. The van der Waals surface area contributed by atoms with E-state index in [9.17, 15) is 9.59 Å².